The molecule has 1 unspecified atom stereocenters. The van der Waals surface area contributed by atoms with Crippen LogP contribution in [0.2, 0.25) is 0 Å². The number of pyridine rings is 2. The van der Waals surface area contributed by atoms with E-state index in [4.69, 9.17) is 0 Å². The van der Waals surface area contributed by atoms with Crippen LogP contribution < -0.4 is 15.6 Å². The summed E-state index contributed by atoms with van der Waals surface area (Å²) in [7, 11) is 0. The molecule has 0 aliphatic carbocycles. The van der Waals surface area contributed by atoms with Gasteiger partial charge in [-0.2, -0.15) is 0 Å². The van der Waals surface area contributed by atoms with E-state index in [1.807, 2.05) is 53.9 Å². The van der Waals surface area contributed by atoms with Crippen molar-refractivity contribution in [3.05, 3.63) is 95.8 Å². The fourth-order valence-electron chi connectivity index (χ4n) is 3.16. The van der Waals surface area contributed by atoms with Gasteiger partial charge >= 0.3 is 0 Å². The Morgan fingerprint density at radius 3 is 3.07 bits per heavy atom. The lowest BCUT2D eigenvalue weighted by atomic mass is 10.1. The third-order valence-corrected chi connectivity index (χ3v) is 4.47. The molecule has 3 N–H and O–H groups in total. The van der Waals surface area contributed by atoms with Crippen LogP contribution in [-0.4, -0.2) is 22.0 Å². The zero-order chi connectivity index (χ0) is 18.6. The summed E-state index contributed by atoms with van der Waals surface area (Å²) in [6.45, 7) is 0.0296. The van der Waals surface area contributed by atoms with Gasteiger partial charge in [-0.3, -0.25) is 9.78 Å². The van der Waals surface area contributed by atoms with E-state index in [9.17, 15) is 9.18 Å². The summed E-state index contributed by atoms with van der Waals surface area (Å²) in [4.78, 5) is 21.8. The summed E-state index contributed by atoms with van der Waals surface area (Å²) < 4.78 is 13.7. The standard InChI is InChI=1S/C20H18FN5O/c21-15-6-4-9-23-16(15)13-24-20(27)19-17-7-1-2-10-26(17)18(25-19)11-14-5-3-8-22-12-14/h1-10,12,18,25H,11,13H2,(H,24,27)/p+1. The molecule has 2 aromatic rings. The van der Waals surface area contributed by atoms with Crippen LogP contribution in [-0.2, 0) is 17.8 Å². The number of allylic oxidation sites excluding steroid dienone is 3. The van der Waals surface area contributed by atoms with Crippen LogP contribution in [0.25, 0.3) is 0 Å². The minimum atomic E-state index is -0.435. The number of halogens is 1. The van der Waals surface area contributed by atoms with Gasteiger partial charge in [-0.05, 0) is 30.4 Å². The van der Waals surface area contributed by atoms with Gasteiger partial charge < -0.3 is 15.5 Å². The van der Waals surface area contributed by atoms with E-state index in [2.05, 4.69) is 20.6 Å². The van der Waals surface area contributed by atoms with Gasteiger partial charge in [0, 0.05) is 30.4 Å². The van der Waals surface area contributed by atoms with E-state index in [0.29, 0.717) is 12.1 Å². The molecule has 0 aromatic carbocycles. The highest BCUT2D eigenvalue weighted by Gasteiger charge is 2.33. The molecule has 4 heterocycles. The number of rotatable bonds is 5. The number of carbonyl (C=O) groups is 1. The second-order valence-electron chi connectivity index (χ2n) is 6.26. The molecular formula is C20H19FN5O+. The van der Waals surface area contributed by atoms with Crippen molar-refractivity contribution >= 4 is 5.91 Å². The van der Waals surface area contributed by atoms with Crippen molar-refractivity contribution in [3.8, 4) is 0 Å². The third kappa shape index (κ3) is 3.57. The number of hydrogen-bond donors (Lipinski definition) is 2. The maximum Gasteiger partial charge on any atom is 0.269 e. The van der Waals surface area contributed by atoms with Gasteiger partial charge in [-0.25, -0.2) is 9.37 Å². The average Bonchev–Trinajstić information content (AvgIpc) is 3.07. The highest BCUT2D eigenvalue weighted by atomic mass is 19.1. The Kier molecular flexibility index (Phi) is 4.65. The Balaban J connectivity index is 1.49. The lowest BCUT2D eigenvalue weighted by molar-refractivity contribution is -0.378. The second-order valence-corrected chi connectivity index (χ2v) is 6.26. The highest BCUT2D eigenvalue weighted by Crippen LogP contribution is 2.26. The SMILES string of the molecule is O=C(NCc1ncccc1F)C1=C2C=CC=CN2C(Cc2ccc[nH+]c2)N1. The first-order valence-corrected chi connectivity index (χ1v) is 8.69. The van der Waals surface area contributed by atoms with Crippen molar-refractivity contribution in [2.24, 2.45) is 0 Å². The topological polar surface area (TPSA) is 71.4 Å². The quantitative estimate of drug-likeness (QED) is 0.842. The maximum absolute atomic E-state index is 13.7. The molecule has 4 rings (SSSR count). The summed E-state index contributed by atoms with van der Waals surface area (Å²) in [5.74, 6) is -0.725. The van der Waals surface area contributed by atoms with Gasteiger partial charge in [0.1, 0.15) is 17.7 Å². The zero-order valence-corrected chi connectivity index (χ0v) is 14.5. The van der Waals surface area contributed by atoms with Crippen molar-refractivity contribution in [2.75, 3.05) is 0 Å². The molecule has 0 fully saturated rings. The van der Waals surface area contributed by atoms with Crippen molar-refractivity contribution < 1.29 is 14.2 Å². The lowest BCUT2D eigenvalue weighted by Gasteiger charge is -2.25. The van der Waals surface area contributed by atoms with E-state index in [1.54, 1.807) is 0 Å². The molecule has 2 aromatic heterocycles. The van der Waals surface area contributed by atoms with Crippen molar-refractivity contribution in [3.63, 3.8) is 0 Å². The Morgan fingerprint density at radius 2 is 2.26 bits per heavy atom. The smallest absolute Gasteiger partial charge is 0.269 e. The second kappa shape index (κ2) is 7.41. The number of nitrogens with one attached hydrogen (secondary N) is 3. The van der Waals surface area contributed by atoms with Crippen LogP contribution in [0.5, 0.6) is 0 Å². The first kappa shape index (κ1) is 17.0. The Bertz CT molecular complexity index is 938. The molecule has 6 nitrogen and oxygen atoms in total. The van der Waals surface area contributed by atoms with Crippen LogP contribution in [0.15, 0.2) is 78.7 Å². The van der Waals surface area contributed by atoms with Crippen LogP contribution in [0.3, 0.4) is 0 Å². The predicted octanol–water partition coefficient (Wildman–Crippen LogP) is 1.42. The number of hydrogen-bond acceptors (Lipinski definition) is 4. The molecular weight excluding hydrogens is 345 g/mol. The van der Waals surface area contributed by atoms with Gasteiger partial charge in [-0.15, -0.1) is 0 Å². The molecule has 2 aliphatic heterocycles. The molecule has 0 bridgehead atoms. The third-order valence-electron chi connectivity index (χ3n) is 4.47. The average molecular weight is 364 g/mol. The fraction of sp³-hybridized carbons (Fsp3) is 0.150. The van der Waals surface area contributed by atoms with Crippen LogP contribution in [0.1, 0.15) is 11.3 Å². The first-order valence-electron chi connectivity index (χ1n) is 8.69. The molecule has 136 valence electrons. The largest absolute Gasteiger partial charge is 0.358 e. The molecule has 7 heteroatoms. The molecule has 27 heavy (non-hydrogen) atoms. The van der Waals surface area contributed by atoms with Crippen molar-refractivity contribution in [1.29, 1.82) is 0 Å². The summed E-state index contributed by atoms with van der Waals surface area (Å²) in [5, 5.41) is 6.04. The summed E-state index contributed by atoms with van der Waals surface area (Å²) in [6, 6.07) is 6.82. The number of fused-ring (bicyclic) bond motifs is 1. The summed E-state index contributed by atoms with van der Waals surface area (Å²) in [6.07, 6.45) is 13.6. The zero-order valence-electron chi connectivity index (χ0n) is 14.5. The predicted molar refractivity (Wildman–Crippen MR) is 96.8 cm³/mol. The van der Waals surface area contributed by atoms with Gasteiger partial charge in [-0.1, -0.05) is 6.08 Å². The number of H-pyrrole nitrogens is 1. The van der Waals surface area contributed by atoms with Crippen LogP contribution >= 0.6 is 0 Å². The van der Waals surface area contributed by atoms with E-state index < -0.39 is 5.82 Å². The summed E-state index contributed by atoms with van der Waals surface area (Å²) >= 11 is 0. The highest BCUT2D eigenvalue weighted by molar-refractivity contribution is 5.94. The van der Waals surface area contributed by atoms with Gasteiger partial charge in [0.25, 0.3) is 5.91 Å². The van der Waals surface area contributed by atoms with E-state index in [1.165, 1.54) is 18.3 Å². The number of carbonyl (C=O) groups excluding carboxylic acids is 1. The number of aromatic nitrogens is 2. The normalized spacial score (nSPS) is 17.7. The van der Waals surface area contributed by atoms with Gasteiger partial charge in [0.2, 0.25) is 0 Å². The van der Waals surface area contributed by atoms with Crippen LogP contribution in [0, 0.1) is 5.82 Å². The Hall–Kier alpha value is -3.48. The molecule has 1 atom stereocenters. The molecule has 1 amide bonds. The van der Waals surface area contributed by atoms with E-state index in [0.717, 1.165) is 11.3 Å². The van der Waals surface area contributed by atoms with E-state index >= 15 is 0 Å². The summed E-state index contributed by atoms with van der Waals surface area (Å²) in [5.41, 5.74) is 2.59. The number of amides is 1. The van der Waals surface area contributed by atoms with E-state index in [-0.39, 0.29) is 24.3 Å². The van der Waals surface area contributed by atoms with Crippen molar-refractivity contribution in [1.82, 2.24) is 20.5 Å². The first-order chi connectivity index (χ1) is 13.2. The minimum absolute atomic E-state index is 0.0296. The Morgan fingerprint density at radius 1 is 1.33 bits per heavy atom. The minimum Gasteiger partial charge on any atom is -0.358 e. The van der Waals surface area contributed by atoms with Crippen molar-refractivity contribution in [2.45, 2.75) is 19.1 Å². The number of aromatic amines is 1. The van der Waals surface area contributed by atoms with Crippen LogP contribution in [0.4, 0.5) is 4.39 Å². The fourth-order valence-corrected chi connectivity index (χ4v) is 3.16. The molecule has 0 saturated carbocycles. The lowest BCUT2D eigenvalue weighted by Crippen LogP contribution is -2.38. The maximum atomic E-state index is 13.7. The molecule has 2 aliphatic rings. The molecule has 0 saturated heterocycles. The number of nitrogens with zero attached hydrogens (tertiary/aromatic N) is 2. The molecule has 0 spiro atoms. The van der Waals surface area contributed by atoms with Gasteiger partial charge in [0.15, 0.2) is 12.4 Å². The Labute approximate surface area is 156 Å². The van der Waals surface area contributed by atoms with Gasteiger partial charge in [0.05, 0.1) is 17.9 Å². The molecule has 0 radical (unpaired) electrons. The monoisotopic (exact) mass is 364 g/mol.